The number of carboxylic acid groups (broad SMARTS) is 1. The van der Waals surface area contributed by atoms with Crippen molar-refractivity contribution < 1.29 is 29.1 Å². The van der Waals surface area contributed by atoms with E-state index in [-0.39, 0.29) is 46.7 Å². The number of hydrogen-bond acceptors (Lipinski definition) is 11. The Hall–Kier alpha value is -3.14. The molecule has 0 spiro atoms. The summed E-state index contributed by atoms with van der Waals surface area (Å²) in [6.45, 7) is 2.25. The molecule has 0 aromatic carbocycles. The van der Waals surface area contributed by atoms with Gasteiger partial charge in [-0.15, -0.1) is 35.5 Å². The van der Waals surface area contributed by atoms with E-state index in [1.165, 1.54) is 16.7 Å². The average Bonchev–Trinajstić information content (AvgIpc) is 3.78. The Morgan fingerprint density at radius 2 is 1.93 bits per heavy atom. The van der Waals surface area contributed by atoms with Crippen molar-refractivity contribution in [2.24, 2.45) is 11.1 Å². The van der Waals surface area contributed by atoms with Crippen LogP contribution in [0.5, 0.6) is 0 Å². The maximum Gasteiger partial charge on any atom is 0.352 e. The Labute approximate surface area is 268 Å². The van der Waals surface area contributed by atoms with Crippen molar-refractivity contribution in [2.75, 3.05) is 31.1 Å². The van der Waals surface area contributed by atoms with Crippen LogP contribution >= 0.6 is 35.5 Å². The number of fused-ring (bicyclic) bond motifs is 1. The molecule has 2 atom stereocenters. The Bertz CT molecular complexity index is 1420. The molecule has 3 amide bonds. The molecule has 0 radical (unpaired) electrons. The standard InChI is InChI=1S/C28H35N7O6S2.ClH/c29-28-32-19(13-43-28)20(34-41-15-3-1-2-4-15)24(37)33-21-25(38)35-22(27(39)40)18(12-42-26(21)35)17(16-7-10-31-23(16)36)11-14-5-8-30-9-6-14;/h13-15,21,26,30H,1-12H2,(H2,29,32)(H,31,36)(H,33,37)(H,39,40);1H/t21-,26-;/m1./s1. The highest BCUT2D eigenvalue weighted by Gasteiger charge is 2.55. The number of thiazole rings is 1. The molecule has 3 saturated heterocycles. The van der Waals surface area contributed by atoms with Crippen LogP contribution in [0, 0.1) is 5.92 Å². The van der Waals surface area contributed by atoms with E-state index in [9.17, 15) is 24.3 Å². The zero-order chi connectivity index (χ0) is 30.1. The van der Waals surface area contributed by atoms with Crippen LogP contribution in [0.1, 0.15) is 57.1 Å². The van der Waals surface area contributed by atoms with Gasteiger partial charge in [-0.1, -0.05) is 5.16 Å². The zero-order valence-electron chi connectivity index (χ0n) is 24.0. The molecule has 0 unspecified atom stereocenters. The Balaban J connectivity index is 0.00000384. The molecule has 5 heterocycles. The summed E-state index contributed by atoms with van der Waals surface area (Å²) in [6.07, 6.45) is 6.61. The minimum atomic E-state index is -1.23. The van der Waals surface area contributed by atoms with E-state index in [0.29, 0.717) is 42.2 Å². The lowest BCUT2D eigenvalue weighted by Crippen LogP contribution is -2.71. The summed E-state index contributed by atoms with van der Waals surface area (Å²) in [7, 11) is 0. The summed E-state index contributed by atoms with van der Waals surface area (Å²) in [6, 6.07) is -0.962. The van der Waals surface area contributed by atoms with Gasteiger partial charge in [0.05, 0.1) is 0 Å². The third-order valence-corrected chi connectivity index (χ3v) is 10.6. The fraction of sp³-hybridized carbons (Fsp3) is 0.571. The summed E-state index contributed by atoms with van der Waals surface area (Å²) >= 11 is 2.54. The number of nitrogens with two attached hydrogens (primary N) is 1. The normalized spacial score (nSPS) is 25.6. The van der Waals surface area contributed by atoms with Crippen molar-refractivity contribution in [3.63, 3.8) is 0 Å². The first-order valence-corrected chi connectivity index (χ1v) is 16.6. The average molecular weight is 666 g/mol. The lowest BCUT2D eigenvalue weighted by atomic mass is 9.84. The second kappa shape index (κ2) is 13.9. The lowest BCUT2D eigenvalue weighted by molar-refractivity contribution is -0.150. The highest BCUT2D eigenvalue weighted by molar-refractivity contribution is 8.00. The van der Waals surface area contributed by atoms with Crippen LogP contribution in [0.2, 0.25) is 0 Å². The molecule has 238 valence electrons. The van der Waals surface area contributed by atoms with E-state index in [1.807, 2.05) is 0 Å². The summed E-state index contributed by atoms with van der Waals surface area (Å²) in [5.74, 6) is -1.98. The lowest BCUT2D eigenvalue weighted by Gasteiger charge is -2.49. The Morgan fingerprint density at radius 1 is 1.18 bits per heavy atom. The van der Waals surface area contributed by atoms with Gasteiger partial charge in [0.15, 0.2) is 10.8 Å². The van der Waals surface area contributed by atoms with E-state index in [2.05, 4.69) is 26.1 Å². The minimum Gasteiger partial charge on any atom is -0.477 e. The highest BCUT2D eigenvalue weighted by atomic mass is 35.5. The number of oxime groups is 1. The third kappa shape index (κ3) is 6.46. The number of β-lactam (4-membered cyclic amide) rings is 1. The molecule has 6 N–H and O–H groups in total. The summed E-state index contributed by atoms with van der Waals surface area (Å²) in [5, 5.41) is 24.7. The number of aliphatic carboxylic acids is 1. The summed E-state index contributed by atoms with van der Waals surface area (Å²) in [4.78, 5) is 63.5. The number of nitrogen functional groups attached to an aromatic ring is 1. The molecule has 16 heteroatoms. The van der Waals surface area contributed by atoms with Crippen molar-refractivity contribution in [1.29, 1.82) is 0 Å². The summed E-state index contributed by atoms with van der Waals surface area (Å²) < 4.78 is 0. The number of halogens is 1. The molecule has 1 aliphatic carbocycles. The van der Waals surface area contributed by atoms with Gasteiger partial charge < -0.3 is 31.6 Å². The number of allylic oxidation sites excluding steroid dienone is 1. The van der Waals surface area contributed by atoms with Gasteiger partial charge in [-0.2, -0.15) is 0 Å². The Kier molecular flexibility index (Phi) is 10.2. The second-order valence-electron chi connectivity index (χ2n) is 11.4. The quantitative estimate of drug-likeness (QED) is 0.113. The van der Waals surface area contributed by atoms with Crippen LogP contribution < -0.4 is 21.7 Å². The number of piperidine rings is 1. The topological polar surface area (TPSA) is 188 Å². The number of carboxylic acids is 1. The van der Waals surface area contributed by atoms with Crippen LogP contribution in [-0.2, 0) is 24.0 Å². The van der Waals surface area contributed by atoms with Crippen LogP contribution in [0.25, 0.3) is 0 Å². The number of nitrogens with zero attached hydrogens (tertiary/aromatic N) is 3. The van der Waals surface area contributed by atoms with Crippen LogP contribution in [0.15, 0.2) is 33.0 Å². The maximum atomic E-state index is 13.5. The number of anilines is 1. The minimum absolute atomic E-state index is 0. The first kappa shape index (κ1) is 32.3. The van der Waals surface area contributed by atoms with Gasteiger partial charge in [0.1, 0.15) is 28.9 Å². The van der Waals surface area contributed by atoms with Crippen molar-refractivity contribution >= 4 is 70.0 Å². The van der Waals surface area contributed by atoms with Crippen molar-refractivity contribution in [3.05, 3.63) is 33.5 Å². The predicted molar refractivity (Wildman–Crippen MR) is 168 cm³/mol. The number of carbonyl (C=O) groups excluding carboxylic acids is 3. The molecular weight excluding hydrogens is 630 g/mol. The number of amides is 3. The fourth-order valence-corrected chi connectivity index (χ4v) is 8.33. The van der Waals surface area contributed by atoms with Gasteiger partial charge in [0.2, 0.25) is 5.91 Å². The van der Waals surface area contributed by atoms with Gasteiger partial charge in [-0.05, 0) is 81.5 Å². The molecule has 6 rings (SSSR count). The molecule has 1 aromatic heterocycles. The maximum absolute atomic E-state index is 13.5. The zero-order valence-corrected chi connectivity index (χ0v) is 26.5. The number of nitrogens with one attached hydrogen (secondary N) is 3. The van der Waals surface area contributed by atoms with E-state index in [4.69, 9.17) is 10.6 Å². The van der Waals surface area contributed by atoms with Crippen molar-refractivity contribution in [2.45, 2.75) is 68.9 Å². The van der Waals surface area contributed by atoms with E-state index < -0.39 is 29.2 Å². The molecule has 4 aliphatic heterocycles. The molecule has 1 aromatic rings. The van der Waals surface area contributed by atoms with Crippen molar-refractivity contribution in [1.82, 2.24) is 25.8 Å². The van der Waals surface area contributed by atoms with Crippen LogP contribution in [0.3, 0.4) is 0 Å². The smallest absolute Gasteiger partial charge is 0.352 e. The molecule has 1 saturated carbocycles. The molecule has 5 aliphatic rings. The van der Waals surface area contributed by atoms with E-state index >= 15 is 0 Å². The largest absolute Gasteiger partial charge is 0.477 e. The molecule has 4 fully saturated rings. The van der Waals surface area contributed by atoms with Crippen molar-refractivity contribution in [3.8, 4) is 0 Å². The predicted octanol–water partition coefficient (Wildman–Crippen LogP) is 1.76. The van der Waals surface area contributed by atoms with Gasteiger partial charge in [-0.25, -0.2) is 9.78 Å². The van der Waals surface area contributed by atoms with E-state index in [1.54, 1.807) is 5.38 Å². The highest BCUT2D eigenvalue weighted by Crippen LogP contribution is 2.44. The van der Waals surface area contributed by atoms with Gasteiger partial charge in [0.25, 0.3) is 11.8 Å². The van der Waals surface area contributed by atoms with Crippen LogP contribution in [-0.4, -0.2) is 87.3 Å². The Morgan fingerprint density at radius 3 is 2.57 bits per heavy atom. The third-order valence-electron chi connectivity index (χ3n) is 8.65. The molecular formula is C28H36ClN7O6S2. The summed E-state index contributed by atoms with van der Waals surface area (Å²) in [5.41, 5.74) is 7.72. The van der Waals surface area contributed by atoms with E-state index in [0.717, 1.165) is 68.5 Å². The number of rotatable bonds is 9. The number of hydrogen-bond donors (Lipinski definition) is 5. The number of aromatic nitrogens is 1. The second-order valence-corrected chi connectivity index (χ2v) is 13.4. The molecule has 0 bridgehead atoms. The SMILES string of the molecule is Cl.Nc1nc(C(=NOC2CCCC2)C(=O)N[C@@H]2C(=O)N3C(C(=O)O)=C(C(CC4CCNCC4)=C4CCNC4=O)CS[C@H]23)cs1. The number of carbonyl (C=O) groups is 4. The first-order valence-electron chi connectivity index (χ1n) is 14.7. The molecule has 13 nitrogen and oxygen atoms in total. The van der Waals surface area contributed by atoms with Crippen LogP contribution in [0.4, 0.5) is 5.13 Å². The number of thioether (sulfide) groups is 1. The first-order chi connectivity index (χ1) is 20.8. The van der Waals surface area contributed by atoms with Gasteiger partial charge in [0, 0.05) is 23.3 Å². The fourth-order valence-electron chi connectivity index (χ4n) is 6.39. The van der Waals surface area contributed by atoms with Gasteiger partial charge >= 0.3 is 5.97 Å². The molecule has 44 heavy (non-hydrogen) atoms. The monoisotopic (exact) mass is 665 g/mol. The van der Waals surface area contributed by atoms with Gasteiger partial charge in [-0.3, -0.25) is 19.3 Å².